The number of rotatable bonds is 7. The molecule has 7 nitrogen and oxygen atoms in total. The third-order valence-corrected chi connectivity index (χ3v) is 4.04. The van der Waals surface area contributed by atoms with Gasteiger partial charge >= 0.3 is 5.97 Å². The molecule has 2 aromatic rings. The van der Waals surface area contributed by atoms with Gasteiger partial charge in [0.2, 0.25) is 5.91 Å². The maximum Gasteiger partial charge on any atom is 0.338 e. The molecule has 0 aliphatic heterocycles. The summed E-state index contributed by atoms with van der Waals surface area (Å²) in [5.74, 6) is -0.580. The average molecular weight is 398 g/mol. The molecule has 154 valence electrons. The molecular formula is C22H26N2O5. The van der Waals surface area contributed by atoms with E-state index >= 15 is 0 Å². The van der Waals surface area contributed by atoms with Crippen LogP contribution >= 0.6 is 0 Å². The van der Waals surface area contributed by atoms with Crippen molar-refractivity contribution in [1.82, 2.24) is 5.32 Å². The highest BCUT2D eigenvalue weighted by Gasteiger charge is 2.21. The van der Waals surface area contributed by atoms with Crippen molar-refractivity contribution >= 4 is 23.5 Å². The summed E-state index contributed by atoms with van der Waals surface area (Å²) >= 11 is 0. The van der Waals surface area contributed by atoms with E-state index in [1.165, 1.54) is 6.07 Å². The highest BCUT2D eigenvalue weighted by molar-refractivity contribution is 5.97. The zero-order chi connectivity index (χ0) is 21.4. The van der Waals surface area contributed by atoms with Gasteiger partial charge in [-0.1, -0.05) is 45.0 Å². The van der Waals surface area contributed by atoms with Crippen LogP contribution in [0.3, 0.4) is 0 Å². The molecule has 0 saturated carbocycles. The number of amides is 2. The van der Waals surface area contributed by atoms with Gasteiger partial charge in [-0.3, -0.25) is 9.59 Å². The Morgan fingerprint density at radius 3 is 2.41 bits per heavy atom. The molecule has 2 amide bonds. The molecule has 0 aliphatic rings. The highest BCUT2D eigenvalue weighted by Crippen LogP contribution is 2.19. The Labute approximate surface area is 170 Å². The molecule has 2 N–H and O–H groups in total. The van der Waals surface area contributed by atoms with Crippen molar-refractivity contribution in [3.05, 3.63) is 59.7 Å². The second-order valence-electron chi connectivity index (χ2n) is 7.45. The molecule has 0 saturated heterocycles. The number of esters is 1. The van der Waals surface area contributed by atoms with Crippen molar-refractivity contribution in [2.24, 2.45) is 5.41 Å². The number of hydrogen-bond acceptors (Lipinski definition) is 5. The number of carbonyl (C=O) groups excluding carboxylic acids is 3. The molecule has 7 heteroatoms. The highest BCUT2D eigenvalue weighted by atomic mass is 16.5. The first kappa shape index (κ1) is 21.9. The fraction of sp³-hybridized carbons (Fsp3) is 0.318. The zero-order valence-corrected chi connectivity index (χ0v) is 17.1. The van der Waals surface area contributed by atoms with E-state index in [0.717, 1.165) is 5.56 Å². The third kappa shape index (κ3) is 6.64. The molecule has 0 bridgehead atoms. The maximum atomic E-state index is 12.2. The van der Waals surface area contributed by atoms with Crippen molar-refractivity contribution in [3.63, 3.8) is 0 Å². The summed E-state index contributed by atoms with van der Waals surface area (Å²) in [5.41, 5.74) is 0.988. The van der Waals surface area contributed by atoms with Gasteiger partial charge in [-0.2, -0.15) is 0 Å². The minimum Gasteiger partial charge on any atom is -0.496 e. The SMILES string of the molecule is COc1ccccc1CNC(=O)COC(=O)c1cccc(NC(=O)C(C)(C)C)c1. The maximum absolute atomic E-state index is 12.2. The number of anilines is 1. The fourth-order valence-corrected chi connectivity index (χ4v) is 2.35. The summed E-state index contributed by atoms with van der Waals surface area (Å²) < 4.78 is 10.3. The van der Waals surface area contributed by atoms with E-state index in [9.17, 15) is 14.4 Å². The average Bonchev–Trinajstić information content (AvgIpc) is 2.70. The zero-order valence-electron chi connectivity index (χ0n) is 17.1. The standard InChI is InChI=1S/C22H26N2O5/c1-22(2,3)21(27)24-17-10-7-9-15(12-17)20(26)29-14-19(25)23-13-16-8-5-6-11-18(16)28-4/h5-12H,13-14H2,1-4H3,(H,23,25)(H,24,27). The molecule has 0 aliphatic carbocycles. The summed E-state index contributed by atoms with van der Waals surface area (Å²) in [4.78, 5) is 36.3. The first-order valence-electron chi connectivity index (χ1n) is 9.18. The third-order valence-electron chi connectivity index (χ3n) is 4.04. The largest absolute Gasteiger partial charge is 0.496 e. The quantitative estimate of drug-likeness (QED) is 0.699. The Balaban J connectivity index is 1.88. The summed E-state index contributed by atoms with van der Waals surface area (Å²) in [6.45, 7) is 5.24. The lowest BCUT2D eigenvalue weighted by Crippen LogP contribution is -2.28. The Morgan fingerprint density at radius 2 is 1.72 bits per heavy atom. The summed E-state index contributed by atoms with van der Waals surface area (Å²) in [6.07, 6.45) is 0. The number of methoxy groups -OCH3 is 1. The normalized spacial score (nSPS) is 10.8. The van der Waals surface area contributed by atoms with Crippen molar-refractivity contribution in [3.8, 4) is 5.75 Å². The first-order valence-corrected chi connectivity index (χ1v) is 9.18. The predicted molar refractivity (Wildman–Crippen MR) is 110 cm³/mol. The van der Waals surface area contributed by atoms with Crippen LogP contribution in [0.1, 0.15) is 36.7 Å². The minimum absolute atomic E-state index is 0.168. The molecule has 2 aromatic carbocycles. The molecular weight excluding hydrogens is 372 g/mol. The van der Waals surface area contributed by atoms with Gasteiger partial charge < -0.3 is 20.1 Å². The summed E-state index contributed by atoms with van der Waals surface area (Å²) in [7, 11) is 1.56. The van der Waals surface area contributed by atoms with Gasteiger partial charge in [0.15, 0.2) is 6.61 Å². The summed E-state index contributed by atoms with van der Waals surface area (Å²) in [5, 5.41) is 5.43. The van der Waals surface area contributed by atoms with Gasteiger partial charge in [-0.15, -0.1) is 0 Å². The van der Waals surface area contributed by atoms with Crippen LogP contribution in [0.5, 0.6) is 5.75 Å². The first-order chi connectivity index (χ1) is 13.7. The summed E-state index contributed by atoms with van der Waals surface area (Å²) in [6, 6.07) is 13.7. The lowest BCUT2D eigenvalue weighted by molar-refractivity contribution is -0.124. The van der Waals surface area contributed by atoms with E-state index in [1.54, 1.807) is 52.1 Å². The van der Waals surface area contributed by atoms with Crippen molar-refractivity contribution < 1.29 is 23.9 Å². The van der Waals surface area contributed by atoms with Gasteiger partial charge in [0.25, 0.3) is 5.91 Å². The Morgan fingerprint density at radius 1 is 1.00 bits per heavy atom. The minimum atomic E-state index is -0.649. The molecule has 0 spiro atoms. The number of nitrogens with one attached hydrogen (secondary N) is 2. The van der Waals surface area contributed by atoms with Crippen molar-refractivity contribution in [1.29, 1.82) is 0 Å². The number of carbonyl (C=O) groups is 3. The predicted octanol–water partition coefficient (Wildman–Crippen LogP) is 3.15. The lowest BCUT2D eigenvalue weighted by Gasteiger charge is -2.17. The Hall–Kier alpha value is -3.35. The molecule has 0 radical (unpaired) electrons. The Bertz CT molecular complexity index is 887. The van der Waals surface area contributed by atoms with E-state index in [-0.39, 0.29) is 18.0 Å². The van der Waals surface area contributed by atoms with Crippen LogP contribution in [-0.4, -0.2) is 31.5 Å². The van der Waals surface area contributed by atoms with Crippen LogP contribution < -0.4 is 15.4 Å². The van der Waals surface area contributed by atoms with E-state index in [2.05, 4.69) is 10.6 Å². The second kappa shape index (κ2) is 9.73. The molecule has 29 heavy (non-hydrogen) atoms. The molecule has 2 rings (SSSR count). The number of benzene rings is 2. The number of hydrogen-bond donors (Lipinski definition) is 2. The van der Waals surface area contributed by atoms with Gasteiger partial charge in [0, 0.05) is 23.2 Å². The Kier molecular flexibility index (Phi) is 7.36. The number of para-hydroxylation sites is 1. The van der Waals surface area contributed by atoms with Crippen LogP contribution in [0.4, 0.5) is 5.69 Å². The van der Waals surface area contributed by atoms with Crippen molar-refractivity contribution in [2.45, 2.75) is 27.3 Å². The van der Waals surface area contributed by atoms with Crippen LogP contribution in [0.2, 0.25) is 0 Å². The van der Waals surface area contributed by atoms with Crippen LogP contribution in [0.25, 0.3) is 0 Å². The van der Waals surface area contributed by atoms with Crippen molar-refractivity contribution in [2.75, 3.05) is 19.0 Å². The van der Waals surface area contributed by atoms with Gasteiger partial charge in [0.05, 0.1) is 12.7 Å². The van der Waals surface area contributed by atoms with Gasteiger partial charge in [-0.05, 0) is 24.3 Å². The van der Waals surface area contributed by atoms with E-state index in [4.69, 9.17) is 9.47 Å². The monoisotopic (exact) mass is 398 g/mol. The van der Waals surface area contributed by atoms with Crippen LogP contribution in [0.15, 0.2) is 48.5 Å². The molecule has 0 fully saturated rings. The fourth-order valence-electron chi connectivity index (χ4n) is 2.35. The molecule has 0 atom stereocenters. The van der Waals surface area contributed by atoms with Crippen LogP contribution in [0, 0.1) is 5.41 Å². The van der Waals surface area contributed by atoms with Gasteiger partial charge in [-0.25, -0.2) is 4.79 Å². The molecule has 0 heterocycles. The molecule has 0 unspecified atom stereocenters. The van der Waals surface area contributed by atoms with E-state index in [0.29, 0.717) is 11.4 Å². The lowest BCUT2D eigenvalue weighted by atomic mass is 9.95. The number of ether oxygens (including phenoxy) is 2. The van der Waals surface area contributed by atoms with Crippen LogP contribution in [-0.2, 0) is 20.9 Å². The smallest absolute Gasteiger partial charge is 0.338 e. The molecule has 0 aromatic heterocycles. The second-order valence-corrected chi connectivity index (χ2v) is 7.45. The van der Waals surface area contributed by atoms with E-state index in [1.807, 2.05) is 18.2 Å². The van der Waals surface area contributed by atoms with Gasteiger partial charge in [0.1, 0.15) is 5.75 Å². The topological polar surface area (TPSA) is 93.7 Å². The van der Waals surface area contributed by atoms with E-state index < -0.39 is 23.9 Å².